The summed E-state index contributed by atoms with van der Waals surface area (Å²) in [5.41, 5.74) is 6.44. The molecule has 0 aliphatic carbocycles. The van der Waals surface area contributed by atoms with Gasteiger partial charge in [0.25, 0.3) is 0 Å². The molecule has 2 aliphatic rings. The van der Waals surface area contributed by atoms with Crippen LogP contribution in [0.3, 0.4) is 0 Å². The van der Waals surface area contributed by atoms with Crippen LogP contribution in [0.5, 0.6) is 0 Å². The van der Waals surface area contributed by atoms with Crippen LogP contribution >= 0.6 is 0 Å². The molecule has 2 aliphatic heterocycles. The van der Waals surface area contributed by atoms with Gasteiger partial charge in [-0.1, -0.05) is 6.92 Å². The van der Waals surface area contributed by atoms with Crippen molar-refractivity contribution in [2.24, 2.45) is 25.9 Å². The molecule has 3 rings (SSSR count). The van der Waals surface area contributed by atoms with Gasteiger partial charge in [0.2, 0.25) is 0 Å². The Kier molecular flexibility index (Phi) is 4.77. The number of rotatable bonds is 5. The summed E-state index contributed by atoms with van der Waals surface area (Å²) in [5, 5.41) is 7.89. The number of nitrogens with two attached hydrogens (primary N) is 1. The molecule has 0 bridgehead atoms. The summed E-state index contributed by atoms with van der Waals surface area (Å²) in [6.45, 7) is 4.95. The fraction of sp³-hybridized carbons (Fsp3) is 0.600. The van der Waals surface area contributed by atoms with Crippen LogP contribution in [0, 0.1) is 5.82 Å². The first-order chi connectivity index (χ1) is 11.6. The lowest BCUT2D eigenvalue weighted by Crippen LogP contribution is -2.25. The maximum atomic E-state index is 14.4. The Morgan fingerprint density at radius 3 is 3.00 bits per heavy atom. The van der Waals surface area contributed by atoms with Gasteiger partial charge < -0.3 is 10.6 Å². The molecule has 1 aromatic heterocycles. The number of anilines is 1. The highest BCUT2D eigenvalue weighted by Crippen LogP contribution is 2.24. The summed E-state index contributed by atoms with van der Waals surface area (Å²) in [6.07, 6.45) is 2.95. The molecule has 2 atom stereocenters. The van der Waals surface area contributed by atoms with Gasteiger partial charge in [-0.3, -0.25) is 4.99 Å². The quantitative estimate of drug-likeness (QED) is 0.654. The van der Waals surface area contributed by atoms with Gasteiger partial charge in [0.15, 0.2) is 17.8 Å². The summed E-state index contributed by atoms with van der Waals surface area (Å²) in [4.78, 5) is 18.7. The number of nitrogens with zero attached hydrogens (tertiary/aromatic N) is 7. The van der Waals surface area contributed by atoms with Crippen LogP contribution in [-0.4, -0.2) is 46.9 Å². The maximum Gasteiger partial charge on any atom is 0.187 e. The number of aryl methyl sites for hydroxylation is 1. The molecule has 24 heavy (non-hydrogen) atoms. The number of azo groups is 1. The van der Waals surface area contributed by atoms with E-state index in [4.69, 9.17) is 5.73 Å². The SMILES string of the molecule is CCc1ncnc(N2CC[C@H](N=C(N)C[C@@H]3N=NC(C)=N3)C2)c1F. The molecule has 0 spiro atoms. The van der Waals surface area contributed by atoms with E-state index in [-0.39, 0.29) is 18.0 Å². The molecule has 128 valence electrons. The van der Waals surface area contributed by atoms with Gasteiger partial charge in [0, 0.05) is 19.5 Å². The van der Waals surface area contributed by atoms with E-state index in [2.05, 4.69) is 30.2 Å². The first-order valence-electron chi connectivity index (χ1n) is 8.08. The second kappa shape index (κ2) is 6.98. The van der Waals surface area contributed by atoms with E-state index in [1.165, 1.54) is 6.33 Å². The molecule has 1 fully saturated rings. The van der Waals surface area contributed by atoms with E-state index in [1.54, 1.807) is 6.92 Å². The minimum atomic E-state index is -0.339. The van der Waals surface area contributed by atoms with Crippen LogP contribution in [0.1, 0.15) is 32.4 Å². The average Bonchev–Trinajstić information content (AvgIpc) is 3.17. The minimum absolute atomic E-state index is 0.0212. The molecule has 3 heterocycles. The predicted molar refractivity (Wildman–Crippen MR) is 90.0 cm³/mol. The smallest absolute Gasteiger partial charge is 0.187 e. The predicted octanol–water partition coefficient (Wildman–Crippen LogP) is 1.71. The molecule has 0 radical (unpaired) electrons. The van der Waals surface area contributed by atoms with Gasteiger partial charge in [0.05, 0.1) is 17.6 Å². The molecule has 1 aromatic rings. The highest BCUT2D eigenvalue weighted by atomic mass is 19.1. The van der Waals surface area contributed by atoms with E-state index in [9.17, 15) is 4.39 Å². The molecule has 1 saturated heterocycles. The second-order valence-corrected chi connectivity index (χ2v) is 5.90. The number of halogens is 1. The van der Waals surface area contributed by atoms with Crippen molar-refractivity contribution < 1.29 is 4.39 Å². The Hall–Kier alpha value is -2.45. The highest BCUT2D eigenvalue weighted by Gasteiger charge is 2.26. The van der Waals surface area contributed by atoms with Gasteiger partial charge >= 0.3 is 0 Å². The van der Waals surface area contributed by atoms with Crippen LogP contribution < -0.4 is 10.6 Å². The summed E-state index contributed by atoms with van der Waals surface area (Å²) in [7, 11) is 0. The first-order valence-corrected chi connectivity index (χ1v) is 8.08. The van der Waals surface area contributed by atoms with Crippen molar-refractivity contribution in [1.82, 2.24) is 9.97 Å². The van der Waals surface area contributed by atoms with Gasteiger partial charge in [0.1, 0.15) is 12.2 Å². The lowest BCUT2D eigenvalue weighted by Gasteiger charge is -2.18. The number of aliphatic imine (C=N–C) groups is 2. The fourth-order valence-corrected chi connectivity index (χ4v) is 2.88. The molecule has 0 amide bonds. The van der Waals surface area contributed by atoms with Crippen LogP contribution in [-0.2, 0) is 6.42 Å². The topological polar surface area (TPSA) is 104 Å². The minimum Gasteiger partial charge on any atom is -0.387 e. The normalized spacial score (nSPS) is 23.9. The summed E-state index contributed by atoms with van der Waals surface area (Å²) >= 11 is 0. The van der Waals surface area contributed by atoms with E-state index in [0.717, 1.165) is 6.42 Å². The highest BCUT2D eigenvalue weighted by molar-refractivity contribution is 5.84. The van der Waals surface area contributed by atoms with Crippen molar-refractivity contribution in [2.45, 2.75) is 45.3 Å². The van der Waals surface area contributed by atoms with Crippen LogP contribution in [0.2, 0.25) is 0 Å². The first kappa shape index (κ1) is 16.4. The molecule has 2 N–H and O–H groups in total. The number of hydrogen-bond acceptors (Lipinski definition) is 7. The van der Waals surface area contributed by atoms with E-state index in [0.29, 0.717) is 49.1 Å². The standard InChI is InChI=1S/C15H21FN8/c1-3-11-14(16)15(19-8-18-11)24-5-4-10(7-24)21-12(17)6-13-20-9(2)22-23-13/h8,10,13H,3-7H2,1-2H3,(H2,17,21)/t10-,13-/m0/s1. The summed E-state index contributed by atoms with van der Waals surface area (Å²) in [5.74, 6) is 1.17. The van der Waals surface area contributed by atoms with Crippen LogP contribution in [0.15, 0.2) is 26.5 Å². The molecule has 9 heteroatoms. The van der Waals surface area contributed by atoms with Gasteiger partial charge in [-0.05, 0) is 19.8 Å². The Bertz CT molecular complexity index is 699. The summed E-state index contributed by atoms with van der Waals surface area (Å²) in [6, 6.07) is 0.0212. The van der Waals surface area contributed by atoms with Crippen LogP contribution in [0.4, 0.5) is 10.2 Å². The van der Waals surface area contributed by atoms with Crippen molar-refractivity contribution in [1.29, 1.82) is 0 Å². The monoisotopic (exact) mass is 332 g/mol. The number of hydrogen-bond donors (Lipinski definition) is 1. The van der Waals surface area contributed by atoms with Crippen molar-refractivity contribution in [3.05, 3.63) is 17.8 Å². The van der Waals surface area contributed by atoms with E-state index in [1.807, 2.05) is 11.8 Å². The van der Waals surface area contributed by atoms with E-state index < -0.39 is 0 Å². The largest absolute Gasteiger partial charge is 0.387 e. The number of amidine groups is 2. The van der Waals surface area contributed by atoms with Crippen molar-refractivity contribution >= 4 is 17.5 Å². The Morgan fingerprint density at radius 2 is 2.29 bits per heavy atom. The van der Waals surface area contributed by atoms with Gasteiger partial charge in [-0.25, -0.2) is 19.4 Å². The lowest BCUT2D eigenvalue weighted by atomic mass is 10.2. The maximum absolute atomic E-state index is 14.4. The van der Waals surface area contributed by atoms with Gasteiger partial charge in [-0.2, -0.15) is 5.11 Å². The Morgan fingerprint density at radius 1 is 1.46 bits per heavy atom. The molecule has 8 nitrogen and oxygen atoms in total. The Balaban J connectivity index is 1.63. The third kappa shape index (κ3) is 3.55. The zero-order valence-electron chi connectivity index (χ0n) is 13.9. The molecule has 0 unspecified atom stereocenters. The summed E-state index contributed by atoms with van der Waals surface area (Å²) < 4.78 is 14.4. The molecular weight excluding hydrogens is 311 g/mol. The van der Waals surface area contributed by atoms with Crippen molar-refractivity contribution in [3.8, 4) is 0 Å². The van der Waals surface area contributed by atoms with Gasteiger partial charge in [-0.15, -0.1) is 5.11 Å². The zero-order chi connectivity index (χ0) is 17.1. The second-order valence-electron chi connectivity index (χ2n) is 5.90. The number of aromatic nitrogens is 2. The third-order valence-corrected chi connectivity index (χ3v) is 4.05. The molecule has 0 saturated carbocycles. The third-order valence-electron chi connectivity index (χ3n) is 4.05. The average molecular weight is 332 g/mol. The zero-order valence-corrected chi connectivity index (χ0v) is 13.9. The molecule has 0 aromatic carbocycles. The van der Waals surface area contributed by atoms with Crippen molar-refractivity contribution in [3.63, 3.8) is 0 Å². The van der Waals surface area contributed by atoms with E-state index >= 15 is 0 Å². The van der Waals surface area contributed by atoms with Crippen LogP contribution in [0.25, 0.3) is 0 Å². The Labute approximate surface area is 139 Å². The molecular formula is C15H21FN8. The fourth-order valence-electron chi connectivity index (χ4n) is 2.88. The lowest BCUT2D eigenvalue weighted by molar-refractivity contribution is 0.588. The van der Waals surface area contributed by atoms with Crippen molar-refractivity contribution in [2.75, 3.05) is 18.0 Å².